The van der Waals surface area contributed by atoms with Gasteiger partial charge in [0.05, 0.1) is 12.7 Å². The van der Waals surface area contributed by atoms with Gasteiger partial charge in [0.1, 0.15) is 12.6 Å². The Morgan fingerprint density at radius 3 is 2.39 bits per heavy atom. The fourth-order valence-electron chi connectivity index (χ4n) is 3.92. The number of rotatable bonds is 4. The van der Waals surface area contributed by atoms with Gasteiger partial charge in [0.25, 0.3) is 0 Å². The van der Waals surface area contributed by atoms with E-state index in [1.165, 1.54) is 5.56 Å². The molecule has 0 spiro atoms. The van der Waals surface area contributed by atoms with Gasteiger partial charge in [-0.15, -0.1) is 0 Å². The number of nitrogens with zero attached hydrogens (tertiary/aromatic N) is 2. The van der Waals surface area contributed by atoms with Crippen LogP contribution in [0.3, 0.4) is 0 Å². The summed E-state index contributed by atoms with van der Waals surface area (Å²) in [5, 5.41) is 0. The van der Waals surface area contributed by atoms with Crippen LogP contribution in [0.5, 0.6) is 0 Å². The number of hydrogen-bond donors (Lipinski definition) is 0. The highest BCUT2D eigenvalue weighted by Gasteiger charge is 2.35. The number of benzene rings is 3. The van der Waals surface area contributed by atoms with Crippen LogP contribution < -0.4 is 0 Å². The van der Waals surface area contributed by atoms with Crippen LogP contribution in [-0.4, -0.2) is 16.0 Å². The van der Waals surface area contributed by atoms with Crippen molar-refractivity contribution in [3.63, 3.8) is 0 Å². The van der Waals surface area contributed by atoms with Gasteiger partial charge in [0.15, 0.2) is 5.76 Å². The summed E-state index contributed by atoms with van der Waals surface area (Å²) < 4.78 is 11.8. The Balaban J connectivity index is 1.42. The summed E-state index contributed by atoms with van der Waals surface area (Å²) in [6.07, 6.45) is 1.98. The fraction of sp³-hybridized carbons (Fsp3) is 0.154. The average molecular weight is 410 g/mol. The zero-order valence-electron chi connectivity index (χ0n) is 17.0. The van der Waals surface area contributed by atoms with E-state index in [4.69, 9.17) is 9.15 Å². The van der Waals surface area contributed by atoms with Crippen LogP contribution in [0.25, 0.3) is 11.3 Å². The highest BCUT2D eigenvalue weighted by molar-refractivity contribution is 5.69. The van der Waals surface area contributed by atoms with Crippen LogP contribution >= 0.6 is 0 Å². The molecule has 31 heavy (non-hydrogen) atoms. The van der Waals surface area contributed by atoms with Gasteiger partial charge in [-0.3, -0.25) is 4.90 Å². The number of aromatic nitrogens is 1. The summed E-state index contributed by atoms with van der Waals surface area (Å²) >= 11 is 0. The number of ether oxygens (including phenoxy) is 1. The Hall–Kier alpha value is -3.86. The third-order valence-electron chi connectivity index (χ3n) is 5.56. The van der Waals surface area contributed by atoms with Crippen LogP contribution in [0.1, 0.15) is 28.6 Å². The van der Waals surface area contributed by atoms with Gasteiger partial charge in [-0.25, -0.2) is 9.78 Å². The molecule has 154 valence electrons. The molecule has 3 aromatic carbocycles. The van der Waals surface area contributed by atoms with Gasteiger partial charge in [0, 0.05) is 12.0 Å². The fourth-order valence-corrected chi connectivity index (χ4v) is 3.92. The van der Waals surface area contributed by atoms with E-state index in [-0.39, 0.29) is 18.7 Å². The largest absolute Gasteiger partial charge is 0.445 e. The SMILES string of the molecule is O=C(OCc1ccccc1)N1Cc2ccccc2C[C@H]1c1ncc(-c2ccccc2)o1. The quantitative estimate of drug-likeness (QED) is 0.428. The highest BCUT2D eigenvalue weighted by Crippen LogP contribution is 2.35. The van der Waals surface area contributed by atoms with Crippen molar-refractivity contribution >= 4 is 6.09 Å². The van der Waals surface area contributed by atoms with Crippen molar-refractivity contribution in [2.75, 3.05) is 0 Å². The molecule has 0 radical (unpaired) electrons. The number of carbonyl (C=O) groups is 1. The summed E-state index contributed by atoms with van der Waals surface area (Å²) in [5.74, 6) is 1.21. The van der Waals surface area contributed by atoms with Crippen LogP contribution in [-0.2, 0) is 24.3 Å². The van der Waals surface area contributed by atoms with Gasteiger partial charge in [-0.05, 0) is 16.7 Å². The monoisotopic (exact) mass is 410 g/mol. The van der Waals surface area contributed by atoms with Crippen molar-refractivity contribution in [3.05, 3.63) is 114 Å². The van der Waals surface area contributed by atoms with E-state index in [1.54, 1.807) is 11.1 Å². The first-order chi connectivity index (χ1) is 15.3. The molecule has 1 atom stereocenters. The first-order valence-electron chi connectivity index (χ1n) is 10.3. The van der Waals surface area contributed by atoms with Crippen LogP contribution in [0.4, 0.5) is 4.79 Å². The van der Waals surface area contributed by atoms with Crippen LogP contribution in [0.2, 0.25) is 0 Å². The number of carbonyl (C=O) groups excluding carboxylic acids is 1. The van der Waals surface area contributed by atoms with E-state index in [0.29, 0.717) is 24.6 Å². The van der Waals surface area contributed by atoms with E-state index in [2.05, 4.69) is 11.1 Å². The smallest absolute Gasteiger partial charge is 0.411 e. The second-order valence-electron chi connectivity index (χ2n) is 7.59. The molecule has 0 unspecified atom stereocenters. The lowest BCUT2D eigenvalue weighted by Gasteiger charge is -2.34. The molecular weight excluding hydrogens is 388 g/mol. The van der Waals surface area contributed by atoms with Crippen LogP contribution in [0, 0.1) is 0 Å². The summed E-state index contributed by atoms with van der Waals surface area (Å²) in [4.78, 5) is 19.3. The van der Waals surface area contributed by atoms with Gasteiger partial charge >= 0.3 is 6.09 Å². The van der Waals surface area contributed by atoms with Gasteiger partial charge in [0.2, 0.25) is 5.89 Å². The second kappa shape index (κ2) is 8.48. The normalized spacial score (nSPS) is 15.4. The van der Waals surface area contributed by atoms with Crippen molar-refractivity contribution in [1.29, 1.82) is 0 Å². The standard InChI is InChI=1S/C26H22N2O3/c29-26(30-18-19-9-3-1-4-10-19)28-17-22-14-8-7-13-21(22)15-23(28)25-27-16-24(31-25)20-11-5-2-6-12-20/h1-14,16,23H,15,17-18H2/t23-/m0/s1. The van der Waals surface area contributed by atoms with E-state index < -0.39 is 0 Å². The van der Waals surface area contributed by atoms with E-state index >= 15 is 0 Å². The Kier molecular flexibility index (Phi) is 5.23. The lowest BCUT2D eigenvalue weighted by atomic mass is 9.94. The molecule has 0 saturated carbocycles. The summed E-state index contributed by atoms with van der Waals surface area (Å²) in [7, 11) is 0. The maximum Gasteiger partial charge on any atom is 0.411 e. The summed E-state index contributed by atoms with van der Waals surface area (Å²) in [5.41, 5.74) is 4.22. The summed E-state index contributed by atoms with van der Waals surface area (Å²) in [6.45, 7) is 0.683. The molecule has 1 amide bonds. The lowest BCUT2D eigenvalue weighted by Crippen LogP contribution is -2.39. The number of fused-ring (bicyclic) bond motifs is 1. The van der Waals surface area contributed by atoms with Crippen LogP contribution in [0.15, 0.2) is 95.5 Å². The molecule has 5 rings (SSSR count). The molecule has 5 nitrogen and oxygen atoms in total. The summed E-state index contributed by atoms with van der Waals surface area (Å²) in [6, 6.07) is 27.4. The van der Waals surface area contributed by atoms with Crippen molar-refractivity contribution in [2.45, 2.75) is 25.6 Å². The number of amides is 1. The zero-order valence-corrected chi connectivity index (χ0v) is 17.0. The van der Waals surface area contributed by atoms with Crippen molar-refractivity contribution < 1.29 is 13.9 Å². The molecule has 1 aliphatic rings. The molecule has 4 aromatic rings. The molecule has 5 heteroatoms. The Morgan fingerprint density at radius 1 is 0.935 bits per heavy atom. The second-order valence-corrected chi connectivity index (χ2v) is 7.59. The Bertz CT molecular complexity index is 1170. The van der Waals surface area contributed by atoms with Gasteiger partial charge in [-0.2, -0.15) is 0 Å². The maximum absolute atomic E-state index is 13.1. The lowest BCUT2D eigenvalue weighted by molar-refractivity contribution is 0.0668. The van der Waals surface area contributed by atoms with Crippen molar-refractivity contribution in [3.8, 4) is 11.3 Å². The van der Waals surface area contributed by atoms with E-state index in [9.17, 15) is 4.79 Å². The minimum Gasteiger partial charge on any atom is -0.445 e. The third kappa shape index (κ3) is 4.08. The van der Waals surface area contributed by atoms with E-state index in [1.807, 2.05) is 78.9 Å². The molecule has 1 aliphatic heterocycles. The van der Waals surface area contributed by atoms with Gasteiger partial charge < -0.3 is 9.15 Å². The molecule has 0 aliphatic carbocycles. The molecular formula is C26H22N2O3. The molecule has 0 fully saturated rings. The number of hydrogen-bond acceptors (Lipinski definition) is 4. The van der Waals surface area contributed by atoms with Crippen molar-refractivity contribution in [1.82, 2.24) is 9.88 Å². The van der Waals surface area contributed by atoms with E-state index in [0.717, 1.165) is 16.7 Å². The van der Waals surface area contributed by atoms with Gasteiger partial charge in [-0.1, -0.05) is 84.9 Å². The first-order valence-corrected chi connectivity index (χ1v) is 10.3. The number of oxazole rings is 1. The Morgan fingerprint density at radius 2 is 1.61 bits per heavy atom. The average Bonchev–Trinajstić information content (AvgIpc) is 3.33. The molecule has 0 bridgehead atoms. The molecule has 0 N–H and O–H groups in total. The minimum atomic E-state index is -0.372. The minimum absolute atomic E-state index is 0.228. The Labute approximate surface area is 180 Å². The predicted octanol–water partition coefficient (Wildman–Crippen LogP) is 5.78. The molecule has 1 aromatic heterocycles. The first kappa shape index (κ1) is 19.1. The van der Waals surface area contributed by atoms with Crippen molar-refractivity contribution in [2.24, 2.45) is 0 Å². The molecule has 2 heterocycles. The highest BCUT2D eigenvalue weighted by atomic mass is 16.6. The third-order valence-corrected chi connectivity index (χ3v) is 5.56. The zero-order chi connectivity index (χ0) is 21.0. The predicted molar refractivity (Wildman–Crippen MR) is 117 cm³/mol. The maximum atomic E-state index is 13.1. The topological polar surface area (TPSA) is 55.6 Å². The molecule has 0 saturated heterocycles.